The molecule has 0 amide bonds. The number of anilines is 2. The molecular weight excluding hydrogens is 176 g/mol. The van der Waals surface area contributed by atoms with E-state index in [2.05, 4.69) is 20.3 Å². The molecule has 0 aliphatic heterocycles. The third kappa shape index (κ3) is 1.74. The third-order valence-corrected chi connectivity index (χ3v) is 1.98. The van der Waals surface area contributed by atoms with Gasteiger partial charge < -0.3 is 10.3 Å². The molecule has 0 aliphatic rings. The zero-order valence-corrected chi connectivity index (χ0v) is 8.20. The molecule has 0 atom stereocenters. The maximum Gasteiger partial charge on any atom is 0.204 e. The summed E-state index contributed by atoms with van der Waals surface area (Å²) in [6, 6.07) is 3.97. The number of hydrogen-bond donors (Lipinski definition) is 2. The summed E-state index contributed by atoms with van der Waals surface area (Å²) in [6.07, 6.45) is 3.48. The topological polar surface area (TPSA) is 53.6 Å². The van der Waals surface area contributed by atoms with Crippen LogP contribution in [0, 0.1) is 13.8 Å². The van der Waals surface area contributed by atoms with Crippen molar-refractivity contribution in [2.45, 2.75) is 13.8 Å². The Morgan fingerprint density at radius 2 is 2.14 bits per heavy atom. The number of nitrogens with zero attached hydrogens (tertiary/aromatic N) is 2. The first-order valence-corrected chi connectivity index (χ1v) is 4.46. The zero-order valence-electron chi connectivity index (χ0n) is 8.20. The fraction of sp³-hybridized carbons (Fsp3) is 0.200. The molecule has 0 aliphatic carbocycles. The van der Waals surface area contributed by atoms with Crippen LogP contribution in [0.25, 0.3) is 0 Å². The number of imidazole rings is 1. The van der Waals surface area contributed by atoms with Gasteiger partial charge in [-0.2, -0.15) is 0 Å². The highest BCUT2D eigenvalue weighted by Crippen LogP contribution is 2.16. The van der Waals surface area contributed by atoms with E-state index < -0.39 is 0 Å². The van der Waals surface area contributed by atoms with Crippen molar-refractivity contribution < 1.29 is 0 Å². The predicted molar refractivity (Wildman–Crippen MR) is 55.6 cm³/mol. The van der Waals surface area contributed by atoms with Gasteiger partial charge in [-0.1, -0.05) is 0 Å². The van der Waals surface area contributed by atoms with E-state index in [4.69, 9.17) is 0 Å². The smallest absolute Gasteiger partial charge is 0.204 e. The van der Waals surface area contributed by atoms with Gasteiger partial charge >= 0.3 is 0 Å². The molecule has 0 aromatic carbocycles. The number of rotatable bonds is 2. The number of aromatic nitrogens is 3. The molecule has 2 rings (SSSR count). The van der Waals surface area contributed by atoms with E-state index in [9.17, 15) is 0 Å². The average molecular weight is 188 g/mol. The molecule has 0 saturated heterocycles. The second-order valence-electron chi connectivity index (χ2n) is 3.15. The average Bonchev–Trinajstić information content (AvgIpc) is 2.62. The van der Waals surface area contributed by atoms with Gasteiger partial charge in [-0.05, 0) is 26.0 Å². The van der Waals surface area contributed by atoms with E-state index in [1.54, 1.807) is 12.4 Å². The van der Waals surface area contributed by atoms with Gasteiger partial charge in [-0.15, -0.1) is 0 Å². The molecule has 2 aromatic heterocycles. The fourth-order valence-electron chi connectivity index (χ4n) is 1.28. The van der Waals surface area contributed by atoms with Crippen LogP contribution in [-0.2, 0) is 0 Å². The van der Waals surface area contributed by atoms with Crippen LogP contribution in [-0.4, -0.2) is 15.0 Å². The standard InChI is InChI=1S/C10H12N4/c1-7-3-4-9(8(2)13-7)14-10-11-5-6-12-10/h3-6H,1-2H3,(H2,11,12,14). The number of aromatic amines is 1. The Morgan fingerprint density at radius 3 is 2.79 bits per heavy atom. The number of hydrogen-bond acceptors (Lipinski definition) is 3. The van der Waals surface area contributed by atoms with Crippen LogP contribution in [0.3, 0.4) is 0 Å². The van der Waals surface area contributed by atoms with Crippen molar-refractivity contribution in [3.8, 4) is 0 Å². The van der Waals surface area contributed by atoms with Crippen molar-refractivity contribution in [3.63, 3.8) is 0 Å². The molecule has 2 aromatic rings. The molecule has 0 radical (unpaired) electrons. The number of nitrogens with one attached hydrogen (secondary N) is 2. The molecule has 0 fully saturated rings. The lowest BCUT2D eigenvalue weighted by Crippen LogP contribution is -1.97. The summed E-state index contributed by atoms with van der Waals surface area (Å²) in [5, 5.41) is 3.15. The largest absolute Gasteiger partial charge is 0.331 e. The number of H-pyrrole nitrogens is 1. The monoisotopic (exact) mass is 188 g/mol. The van der Waals surface area contributed by atoms with Crippen LogP contribution in [0.15, 0.2) is 24.5 Å². The van der Waals surface area contributed by atoms with E-state index in [1.807, 2.05) is 26.0 Å². The van der Waals surface area contributed by atoms with Crippen LogP contribution in [0.2, 0.25) is 0 Å². The molecule has 72 valence electrons. The second kappa shape index (κ2) is 3.49. The molecule has 4 heteroatoms. The molecular formula is C10H12N4. The first-order valence-electron chi connectivity index (χ1n) is 4.46. The fourth-order valence-corrected chi connectivity index (χ4v) is 1.28. The Bertz CT molecular complexity index is 420. The first kappa shape index (κ1) is 8.74. The van der Waals surface area contributed by atoms with Crippen LogP contribution >= 0.6 is 0 Å². The minimum atomic E-state index is 0.735. The van der Waals surface area contributed by atoms with Gasteiger partial charge in [0.05, 0.1) is 11.4 Å². The molecule has 0 unspecified atom stereocenters. The lowest BCUT2D eigenvalue weighted by Gasteiger charge is -2.06. The third-order valence-electron chi connectivity index (χ3n) is 1.98. The van der Waals surface area contributed by atoms with E-state index in [0.717, 1.165) is 23.0 Å². The SMILES string of the molecule is Cc1ccc(Nc2ncc[nH]2)c(C)n1. The minimum absolute atomic E-state index is 0.735. The van der Waals surface area contributed by atoms with E-state index in [-0.39, 0.29) is 0 Å². The van der Waals surface area contributed by atoms with Crippen LogP contribution in [0.4, 0.5) is 11.6 Å². The second-order valence-corrected chi connectivity index (χ2v) is 3.15. The Labute approximate surface area is 82.4 Å². The maximum absolute atomic E-state index is 4.35. The Balaban J connectivity index is 2.25. The van der Waals surface area contributed by atoms with E-state index >= 15 is 0 Å². The number of pyridine rings is 1. The molecule has 0 saturated carbocycles. The predicted octanol–water partition coefficient (Wildman–Crippen LogP) is 2.17. The van der Waals surface area contributed by atoms with Crippen LogP contribution < -0.4 is 5.32 Å². The highest BCUT2D eigenvalue weighted by Gasteiger charge is 2.00. The van der Waals surface area contributed by atoms with Crippen molar-refractivity contribution in [1.29, 1.82) is 0 Å². The van der Waals surface area contributed by atoms with Crippen molar-refractivity contribution in [3.05, 3.63) is 35.9 Å². The number of aryl methyl sites for hydroxylation is 2. The van der Waals surface area contributed by atoms with Crippen LogP contribution in [0.1, 0.15) is 11.4 Å². The zero-order chi connectivity index (χ0) is 9.97. The van der Waals surface area contributed by atoms with Gasteiger partial charge in [0.2, 0.25) is 5.95 Å². The van der Waals surface area contributed by atoms with E-state index in [1.165, 1.54) is 0 Å². The van der Waals surface area contributed by atoms with Gasteiger partial charge in [0.25, 0.3) is 0 Å². The normalized spacial score (nSPS) is 10.1. The van der Waals surface area contributed by atoms with Gasteiger partial charge in [0.1, 0.15) is 0 Å². The van der Waals surface area contributed by atoms with Crippen molar-refractivity contribution >= 4 is 11.6 Å². The quantitative estimate of drug-likeness (QED) is 0.759. The van der Waals surface area contributed by atoms with Gasteiger partial charge in [0.15, 0.2) is 0 Å². The Hall–Kier alpha value is -1.84. The van der Waals surface area contributed by atoms with Crippen molar-refractivity contribution in [2.24, 2.45) is 0 Å². The molecule has 14 heavy (non-hydrogen) atoms. The maximum atomic E-state index is 4.35. The summed E-state index contributed by atoms with van der Waals surface area (Å²) >= 11 is 0. The molecule has 4 nitrogen and oxygen atoms in total. The van der Waals surface area contributed by atoms with Gasteiger partial charge in [-0.3, -0.25) is 4.98 Å². The summed E-state index contributed by atoms with van der Waals surface area (Å²) in [6.45, 7) is 3.95. The molecule has 2 heterocycles. The van der Waals surface area contributed by atoms with Gasteiger partial charge in [0, 0.05) is 18.1 Å². The molecule has 0 bridgehead atoms. The van der Waals surface area contributed by atoms with Gasteiger partial charge in [-0.25, -0.2) is 4.98 Å². The molecule has 2 N–H and O–H groups in total. The van der Waals surface area contributed by atoms with E-state index in [0.29, 0.717) is 0 Å². The lowest BCUT2D eigenvalue weighted by atomic mass is 10.3. The van der Waals surface area contributed by atoms with Crippen LogP contribution in [0.5, 0.6) is 0 Å². The Morgan fingerprint density at radius 1 is 1.29 bits per heavy atom. The first-order chi connectivity index (χ1) is 6.75. The summed E-state index contributed by atoms with van der Waals surface area (Å²) in [5.41, 5.74) is 2.97. The molecule has 0 spiro atoms. The lowest BCUT2D eigenvalue weighted by molar-refractivity contribution is 1.12. The van der Waals surface area contributed by atoms with Crippen molar-refractivity contribution in [2.75, 3.05) is 5.32 Å². The Kier molecular flexibility index (Phi) is 2.18. The summed E-state index contributed by atoms with van der Waals surface area (Å²) in [4.78, 5) is 11.4. The van der Waals surface area contributed by atoms with Crippen molar-refractivity contribution in [1.82, 2.24) is 15.0 Å². The summed E-state index contributed by atoms with van der Waals surface area (Å²) < 4.78 is 0. The highest BCUT2D eigenvalue weighted by atomic mass is 15.1. The highest BCUT2D eigenvalue weighted by molar-refractivity contribution is 5.55. The summed E-state index contributed by atoms with van der Waals surface area (Å²) in [7, 11) is 0. The minimum Gasteiger partial charge on any atom is -0.331 e. The summed E-state index contributed by atoms with van der Waals surface area (Å²) in [5.74, 6) is 0.735.